The van der Waals surface area contributed by atoms with E-state index in [0.29, 0.717) is 19.4 Å². The van der Waals surface area contributed by atoms with E-state index in [4.69, 9.17) is 11.0 Å². The van der Waals surface area contributed by atoms with Crippen molar-refractivity contribution in [1.82, 2.24) is 0 Å². The Morgan fingerprint density at radius 3 is 2.94 bits per heavy atom. The second-order valence-corrected chi connectivity index (χ2v) is 3.83. The molecule has 0 bridgehead atoms. The number of benzene rings is 1. The van der Waals surface area contributed by atoms with E-state index in [-0.39, 0.29) is 5.91 Å². The maximum Gasteiger partial charge on any atom is 0.240 e. The lowest BCUT2D eigenvalue weighted by molar-refractivity contribution is -0.118. The van der Waals surface area contributed by atoms with Crippen LogP contribution in [0.2, 0.25) is 0 Å². The highest BCUT2D eigenvalue weighted by atomic mass is 16.2. The van der Waals surface area contributed by atoms with Crippen LogP contribution >= 0.6 is 0 Å². The number of hydrogen-bond acceptors (Lipinski definition) is 3. The molecule has 1 heterocycles. The Balaban J connectivity index is 2.39. The van der Waals surface area contributed by atoms with Crippen LogP contribution in [0.15, 0.2) is 18.2 Å². The first-order valence-electron chi connectivity index (χ1n) is 5.31. The smallest absolute Gasteiger partial charge is 0.240 e. The Hall–Kier alpha value is -1.86. The highest BCUT2D eigenvalue weighted by Crippen LogP contribution is 2.28. The molecule has 2 rings (SSSR count). The number of anilines is 1. The average Bonchev–Trinajstić information content (AvgIpc) is 2.30. The van der Waals surface area contributed by atoms with Crippen LogP contribution < -0.4 is 10.6 Å². The van der Waals surface area contributed by atoms with Gasteiger partial charge in [-0.15, -0.1) is 0 Å². The van der Waals surface area contributed by atoms with E-state index < -0.39 is 0 Å². The molecule has 0 fully saturated rings. The summed E-state index contributed by atoms with van der Waals surface area (Å²) in [6.45, 7) is 0.611. The quantitative estimate of drug-likeness (QED) is 0.746. The summed E-state index contributed by atoms with van der Waals surface area (Å²) in [5.74, 6) is -0.124. The summed E-state index contributed by atoms with van der Waals surface area (Å²) in [5, 5.41) is 8.92. The Morgan fingerprint density at radius 1 is 1.44 bits per heavy atom. The van der Waals surface area contributed by atoms with Gasteiger partial charge in [0.25, 0.3) is 0 Å². The number of rotatable bonds is 2. The molecular formula is C12H13N3O. The Bertz CT molecular complexity index is 462. The van der Waals surface area contributed by atoms with Crippen LogP contribution in [0.1, 0.15) is 17.5 Å². The lowest BCUT2D eigenvalue weighted by Crippen LogP contribution is -2.30. The molecule has 0 radical (unpaired) electrons. The SMILES string of the molecule is N#CN1C(=O)CCc2cc(CCN)ccc21. The van der Waals surface area contributed by atoms with Gasteiger partial charge in [0.05, 0.1) is 5.69 Å². The molecule has 4 heteroatoms. The monoisotopic (exact) mass is 215 g/mol. The molecule has 0 unspecified atom stereocenters. The lowest BCUT2D eigenvalue weighted by Gasteiger charge is -2.23. The zero-order valence-corrected chi connectivity index (χ0v) is 8.94. The molecule has 1 aliphatic rings. The molecular weight excluding hydrogens is 202 g/mol. The van der Waals surface area contributed by atoms with Crippen molar-refractivity contribution in [2.75, 3.05) is 11.4 Å². The first kappa shape index (κ1) is 10.7. The van der Waals surface area contributed by atoms with Crippen LogP contribution in [0.5, 0.6) is 0 Å². The van der Waals surface area contributed by atoms with Gasteiger partial charge >= 0.3 is 0 Å². The minimum atomic E-state index is -0.124. The second-order valence-electron chi connectivity index (χ2n) is 3.83. The van der Waals surface area contributed by atoms with Gasteiger partial charge in [0.1, 0.15) is 0 Å². The molecule has 0 aliphatic carbocycles. The number of nitrogens with two attached hydrogens (primary N) is 1. The number of nitrogens with zero attached hydrogens (tertiary/aromatic N) is 2. The van der Waals surface area contributed by atoms with Crippen molar-refractivity contribution in [2.24, 2.45) is 5.73 Å². The molecule has 2 N–H and O–H groups in total. The van der Waals surface area contributed by atoms with Crippen LogP contribution in [0, 0.1) is 11.5 Å². The van der Waals surface area contributed by atoms with Gasteiger partial charge in [0, 0.05) is 6.42 Å². The van der Waals surface area contributed by atoms with Crippen molar-refractivity contribution in [3.63, 3.8) is 0 Å². The van der Waals surface area contributed by atoms with Gasteiger partial charge in [-0.1, -0.05) is 12.1 Å². The minimum absolute atomic E-state index is 0.124. The first-order valence-corrected chi connectivity index (χ1v) is 5.31. The van der Waals surface area contributed by atoms with Gasteiger partial charge in [0.2, 0.25) is 5.91 Å². The summed E-state index contributed by atoms with van der Waals surface area (Å²) in [7, 11) is 0. The van der Waals surface area contributed by atoms with E-state index in [9.17, 15) is 4.79 Å². The van der Waals surface area contributed by atoms with Gasteiger partial charge in [-0.25, -0.2) is 4.90 Å². The van der Waals surface area contributed by atoms with Gasteiger partial charge in [-0.3, -0.25) is 4.79 Å². The first-order chi connectivity index (χ1) is 7.76. The zero-order valence-electron chi connectivity index (χ0n) is 8.94. The fourth-order valence-electron chi connectivity index (χ4n) is 1.98. The highest BCUT2D eigenvalue weighted by molar-refractivity contribution is 5.98. The maximum atomic E-state index is 11.5. The Morgan fingerprint density at radius 2 is 2.25 bits per heavy atom. The van der Waals surface area contributed by atoms with Gasteiger partial charge in [0.15, 0.2) is 6.19 Å². The number of hydrogen-bond donors (Lipinski definition) is 1. The molecule has 82 valence electrons. The van der Waals surface area contributed by atoms with Gasteiger partial charge in [-0.05, 0) is 36.6 Å². The van der Waals surface area contributed by atoms with Crippen LogP contribution in [0.3, 0.4) is 0 Å². The highest BCUT2D eigenvalue weighted by Gasteiger charge is 2.23. The molecule has 0 spiro atoms. The fraction of sp³-hybridized carbons (Fsp3) is 0.333. The van der Waals surface area contributed by atoms with E-state index in [2.05, 4.69) is 0 Å². The van der Waals surface area contributed by atoms with E-state index >= 15 is 0 Å². The molecule has 4 nitrogen and oxygen atoms in total. The zero-order chi connectivity index (χ0) is 11.5. The summed E-state index contributed by atoms with van der Waals surface area (Å²) in [5.41, 5.74) is 8.44. The molecule has 1 aromatic carbocycles. The topological polar surface area (TPSA) is 70.1 Å². The lowest BCUT2D eigenvalue weighted by atomic mass is 9.98. The average molecular weight is 215 g/mol. The molecule has 0 atom stereocenters. The van der Waals surface area contributed by atoms with Gasteiger partial charge in [-0.2, -0.15) is 5.26 Å². The van der Waals surface area contributed by atoms with E-state index in [1.54, 1.807) is 0 Å². The van der Waals surface area contributed by atoms with Crippen LogP contribution in [-0.4, -0.2) is 12.5 Å². The normalized spacial score (nSPS) is 14.5. The third-order valence-electron chi connectivity index (χ3n) is 2.78. The predicted octanol–water partition coefficient (Wildman–Crippen LogP) is 0.948. The van der Waals surface area contributed by atoms with E-state index in [1.165, 1.54) is 4.90 Å². The summed E-state index contributed by atoms with van der Waals surface area (Å²) >= 11 is 0. The van der Waals surface area contributed by atoms with Crippen LogP contribution in [0.4, 0.5) is 5.69 Å². The van der Waals surface area contributed by atoms with Crippen molar-refractivity contribution >= 4 is 11.6 Å². The van der Waals surface area contributed by atoms with Crippen molar-refractivity contribution < 1.29 is 4.79 Å². The molecule has 0 saturated heterocycles. The predicted molar refractivity (Wildman–Crippen MR) is 60.6 cm³/mol. The summed E-state index contributed by atoms with van der Waals surface area (Å²) < 4.78 is 0. The standard InChI is InChI=1S/C12H13N3O/c13-6-5-9-1-3-11-10(7-9)2-4-12(16)15(11)8-14/h1,3,7H,2,4-6,13H2. The minimum Gasteiger partial charge on any atom is -0.330 e. The molecule has 1 aromatic rings. The fourth-order valence-corrected chi connectivity index (χ4v) is 1.98. The number of nitriles is 1. The molecule has 0 aromatic heterocycles. The third-order valence-corrected chi connectivity index (χ3v) is 2.78. The number of carbonyl (C=O) groups excluding carboxylic acids is 1. The number of amides is 1. The Kier molecular flexibility index (Phi) is 2.88. The van der Waals surface area contributed by atoms with Gasteiger partial charge < -0.3 is 5.73 Å². The summed E-state index contributed by atoms with van der Waals surface area (Å²) in [6.07, 6.45) is 3.87. The Labute approximate surface area is 94.3 Å². The van der Waals surface area contributed by atoms with Crippen molar-refractivity contribution in [1.29, 1.82) is 5.26 Å². The van der Waals surface area contributed by atoms with Crippen LogP contribution in [-0.2, 0) is 17.6 Å². The number of fused-ring (bicyclic) bond motifs is 1. The van der Waals surface area contributed by atoms with Crippen molar-refractivity contribution in [3.05, 3.63) is 29.3 Å². The third kappa shape index (κ3) is 1.77. The van der Waals surface area contributed by atoms with Crippen molar-refractivity contribution in [2.45, 2.75) is 19.3 Å². The van der Waals surface area contributed by atoms with E-state index in [0.717, 1.165) is 23.2 Å². The number of aryl methyl sites for hydroxylation is 1. The molecule has 0 saturated carbocycles. The second kappa shape index (κ2) is 4.33. The molecule has 1 amide bonds. The van der Waals surface area contributed by atoms with Crippen LogP contribution in [0.25, 0.3) is 0 Å². The number of carbonyl (C=O) groups is 1. The van der Waals surface area contributed by atoms with Crippen molar-refractivity contribution in [3.8, 4) is 6.19 Å². The largest absolute Gasteiger partial charge is 0.330 e. The molecule has 1 aliphatic heterocycles. The maximum absolute atomic E-state index is 11.5. The van der Waals surface area contributed by atoms with E-state index in [1.807, 2.05) is 24.4 Å². The summed E-state index contributed by atoms with van der Waals surface area (Å²) in [4.78, 5) is 12.7. The molecule has 16 heavy (non-hydrogen) atoms. The summed E-state index contributed by atoms with van der Waals surface area (Å²) in [6, 6.07) is 5.80.